The van der Waals surface area contributed by atoms with Gasteiger partial charge in [0.2, 0.25) is 0 Å². The van der Waals surface area contributed by atoms with Gasteiger partial charge in [0.05, 0.1) is 30.4 Å². The summed E-state index contributed by atoms with van der Waals surface area (Å²) in [6.07, 6.45) is 0.846. The van der Waals surface area contributed by atoms with Gasteiger partial charge in [-0.05, 0) is 73.0 Å². The number of anilines is 1. The molecule has 1 saturated heterocycles. The van der Waals surface area contributed by atoms with Crippen molar-refractivity contribution in [1.82, 2.24) is 0 Å². The second kappa shape index (κ2) is 10.4. The van der Waals surface area contributed by atoms with Crippen molar-refractivity contribution >= 4 is 34.7 Å². The maximum Gasteiger partial charge on any atom is 0.300 e. The van der Waals surface area contributed by atoms with E-state index >= 15 is 0 Å². The van der Waals surface area contributed by atoms with Crippen LogP contribution in [-0.2, 0) is 9.59 Å². The molecule has 1 N–H and O–H groups in total. The first-order chi connectivity index (χ1) is 17.3. The zero-order chi connectivity index (χ0) is 26.0. The summed E-state index contributed by atoms with van der Waals surface area (Å²) < 4.78 is 24.9. The Morgan fingerprint density at radius 2 is 1.89 bits per heavy atom. The molecule has 0 bridgehead atoms. The lowest BCUT2D eigenvalue weighted by atomic mass is 9.94. The quantitative estimate of drug-likeness (QED) is 0.233. The Bertz CT molecular complexity index is 1370. The first kappa shape index (κ1) is 25.3. The molecule has 0 spiro atoms. The summed E-state index contributed by atoms with van der Waals surface area (Å²) in [6, 6.07) is 14.7. The van der Waals surface area contributed by atoms with Gasteiger partial charge in [0.15, 0.2) is 0 Å². The van der Waals surface area contributed by atoms with Gasteiger partial charge in [0.25, 0.3) is 11.7 Å². The Labute approximate surface area is 213 Å². The van der Waals surface area contributed by atoms with Crippen LogP contribution >= 0.6 is 11.6 Å². The van der Waals surface area contributed by atoms with Crippen molar-refractivity contribution in [2.75, 3.05) is 18.6 Å². The predicted octanol–water partition coefficient (Wildman–Crippen LogP) is 6.21. The molecule has 1 fully saturated rings. The zero-order valence-corrected chi connectivity index (χ0v) is 20.8. The van der Waals surface area contributed by atoms with Crippen molar-refractivity contribution < 1.29 is 28.6 Å². The Kier molecular flexibility index (Phi) is 7.31. The van der Waals surface area contributed by atoms with E-state index in [4.69, 9.17) is 21.1 Å². The fourth-order valence-corrected chi connectivity index (χ4v) is 4.36. The van der Waals surface area contributed by atoms with Gasteiger partial charge in [0, 0.05) is 11.3 Å². The minimum absolute atomic E-state index is 0.102. The number of benzene rings is 3. The monoisotopic (exact) mass is 509 g/mol. The number of carbonyl (C=O) groups is 2. The van der Waals surface area contributed by atoms with Gasteiger partial charge in [-0.1, -0.05) is 30.7 Å². The fraction of sp³-hybridized carbons (Fsp3) is 0.214. The lowest BCUT2D eigenvalue weighted by molar-refractivity contribution is -0.132. The van der Waals surface area contributed by atoms with Crippen LogP contribution in [0, 0.1) is 12.7 Å². The van der Waals surface area contributed by atoms with Crippen LogP contribution in [0.3, 0.4) is 0 Å². The van der Waals surface area contributed by atoms with E-state index in [0.717, 1.165) is 18.1 Å². The minimum Gasteiger partial charge on any atom is -0.507 e. The number of nitrogens with zero attached hydrogens (tertiary/aromatic N) is 1. The van der Waals surface area contributed by atoms with Crippen molar-refractivity contribution in [1.29, 1.82) is 0 Å². The average Bonchev–Trinajstić information content (AvgIpc) is 3.14. The molecule has 186 valence electrons. The van der Waals surface area contributed by atoms with Crippen molar-refractivity contribution in [3.63, 3.8) is 0 Å². The van der Waals surface area contributed by atoms with Gasteiger partial charge < -0.3 is 14.6 Å². The molecule has 1 heterocycles. The summed E-state index contributed by atoms with van der Waals surface area (Å²) in [5.74, 6) is -1.56. The number of amides is 1. The third-order valence-corrected chi connectivity index (χ3v) is 6.24. The number of hydrogen-bond donors (Lipinski definition) is 1. The number of aliphatic hydroxyl groups excluding tert-OH is 1. The third kappa shape index (κ3) is 4.66. The highest BCUT2D eigenvalue weighted by Gasteiger charge is 2.47. The van der Waals surface area contributed by atoms with Crippen LogP contribution in [0.25, 0.3) is 5.76 Å². The standard InChI is InChI=1S/C28H25ClFNO5/c1-4-12-36-23-11-8-18(13-16(23)2)26(32)24-25(17-6-5-7-20(14-17)35-3)31(28(34)27(24)33)19-9-10-22(30)21(29)15-19/h5-11,13-15,25,32H,4,12H2,1-3H3/b26-24+. The summed E-state index contributed by atoms with van der Waals surface area (Å²) in [6.45, 7) is 4.38. The predicted molar refractivity (Wildman–Crippen MR) is 136 cm³/mol. The molecule has 0 saturated carbocycles. The third-order valence-electron chi connectivity index (χ3n) is 5.95. The summed E-state index contributed by atoms with van der Waals surface area (Å²) in [5.41, 5.74) is 1.77. The number of ether oxygens (including phenoxy) is 2. The van der Waals surface area contributed by atoms with E-state index in [2.05, 4.69) is 0 Å². The molecule has 1 aliphatic heterocycles. The van der Waals surface area contributed by atoms with Crippen LogP contribution in [0.1, 0.15) is 36.1 Å². The van der Waals surface area contributed by atoms with E-state index < -0.39 is 23.5 Å². The van der Waals surface area contributed by atoms with E-state index in [1.54, 1.807) is 42.5 Å². The van der Waals surface area contributed by atoms with Crippen molar-refractivity contribution in [2.24, 2.45) is 0 Å². The zero-order valence-electron chi connectivity index (χ0n) is 20.0. The molecule has 1 atom stereocenters. The first-order valence-corrected chi connectivity index (χ1v) is 11.8. The molecule has 1 unspecified atom stereocenters. The molecule has 3 aromatic rings. The van der Waals surface area contributed by atoms with Gasteiger partial charge in [0.1, 0.15) is 23.1 Å². The van der Waals surface area contributed by atoms with Crippen LogP contribution in [0.5, 0.6) is 11.5 Å². The number of aryl methyl sites for hydroxylation is 1. The normalized spacial score (nSPS) is 16.9. The number of hydrogen-bond acceptors (Lipinski definition) is 5. The second-order valence-electron chi connectivity index (χ2n) is 8.37. The van der Waals surface area contributed by atoms with Gasteiger partial charge in [-0.25, -0.2) is 4.39 Å². The molecule has 1 amide bonds. The van der Waals surface area contributed by atoms with E-state index in [9.17, 15) is 19.1 Å². The van der Waals surface area contributed by atoms with Crippen LogP contribution in [0.15, 0.2) is 66.2 Å². The van der Waals surface area contributed by atoms with Crippen LogP contribution in [0.4, 0.5) is 10.1 Å². The SMILES string of the molecule is CCCOc1ccc(/C(O)=C2\C(=O)C(=O)N(c3ccc(F)c(Cl)c3)C2c2cccc(OC)c2)cc1C. The molecule has 4 rings (SSSR count). The van der Waals surface area contributed by atoms with E-state index in [1.807, 2.05) is 13.8 Å². The van der Waals surface area contributed by atoms with Crippen LogP contribution in [0.2, 0.25) is 5.02 Å². The Balaban J connectivity index is 1.90. The number of halogens is 2. The second-order valence-corrected chi connectivity index (χ2v) is 8.78. The topological polar surface area (TPSA) is 76.1 Å². The van der Waals surface area contributed by atoms with Crippen LogP contribution in [-0.4, -0.2) is 30.5 Å². The van der Waals surface area contributed by atoms with Gasteiger partial charge >= 0.3 is 0 Å². The number of rotatable bonds is 7. The molecule has 6 nitrogen and oxygen atoms in total. The molecular formula is C28H25ClFNO5. The maximum atomic E-state index is 13.9. The Morgan fingerprint density at radius 3 is 2.56 bits per heavy atom. The van der Waals surface area contributed by atoms with E-state index in [0.29, 0.717) is 29.2 Å². The summed E-state index contributed by atoms with van der Waals surface area (Å²) in [4.78, 5) is 27.8. The highest BCUT2D eigenvalue weighted by molar-refractivity contribution is 6.51. The number of aliphatic hydroxyl groups is 1. The molecule has 36 heavy (non-hydrogen) atoms. The fourth-order valence-electron chi connectivity index (χ4n) is 4.19. The van der Waals surface area contributed by atoms with Crippen LogP contribution < -0.4 is 14.4 Å². The molecule has 3 aromatic carbocycles. The number of methoxy groups -OCH3 is 1. The number of carbonyl (C=O) groups excluding carboxylic acids is 2. The Morgan fingerprint density at radius 1 is 1.11 bits per heavy atom. The van der Waals surface area contributed by atoms with Crippen molar-refractivity contribution in [3.8, 4) is 11.5 Å². The maximum absolute atomic E-state index is 13.9. The largest absolute Gasteiger partial charge is 0.507 e. The summed E-state index contributed by atoms with van der Waals surface area (Å²) >= 11 is 5.99. The van der Waals surface area contributed by atoms with Gasteiger partial charge in [-0.15, -0.1) is 0 Å². The molecule has 0 aromatic heterocycles. The molecular weight excluding hydrogens is 485 g/mol. The lowest BCUT2D eigenvalue weighted by Crippen LogP contribution is -2.29. The smallest absolute Gasteiger partial charge is 0.300 e. The molecule has 1 aliphatic rings. The minimum atomic E-state index is -1.00. The van der Waals surface area contributed by atoms with Gasteiger partial charge in [-0.3, -0.25) is 14.5 Å². The molecule has 0 radical (unpaired) electrons. The highest BCUT2D eigenvalue weighted by atomic mass is 35.5. The summed E-state index contributed by atoms with van der Waals surface area (Å²) in [7, 11) is 1.50. The van der Waals surface area contributed by atoms with Crippen molar-refractivity contribution in [2.45, 2.75) is 26.3 Å². The molecule has 8 heteroatoms. The van der Waals surface area contributed by atoms with E-state index in [1.165, 1.54) is 24.1 Å². The highest BCUT2D eigenvalue weighted by Crippen LogP contribution is 2.43. The van der Waals surface area contributed by atoms with E-state index in [-0.39, 0.29) is 22.0 Å². The number of Topliss-reactive ketones (excluding diaryl/α,β-unsaturated/α-hetero) is 1. The van der Waals surface area contributed by atoms with Gasteiger partial charge in [-0.2, -0.15) is 0 Å². The lowest BCUT2D eigenvalue weighted by Gasteiger charge is -2.26. The summed E-state index contributed by atoms with van der Waals surface area (Å²) in [5, 5.41) is 11.1. The number of ketones is 1. The van der Waals surface area contributed by atoms with Crippen molar-refractivity contribution in [3.05, 3.63) is 93.8 Å². The first-order valence-electron chi connectivity index (χ1n) is 11.4. The Hall–Kier alpha value is -3.84. The average molecular weight is 510 g/mol. The molecule has 0 aliphatic carbocycles.